The number of ether oxygens (including phenoxy) is 2. The average molecular weight is 569 g/mol. The molecule has 0 saturated heterocycles. The summed E-state index contributed by atoms with van der Waals surface area (Å²) in [5.74, 6) is 1.58. The summed E-state index contributed by atoms with van der Waals surface area (Å²) in [7, 11) is 1.69. The van der Waals surface area contributed by atoms with E-state index in [1.165, 1.54) is 0 Å². The molecule has 216 valence electrons. The molecule has 6 nitrogen and oxygen atoms in total. The minimum absolute atomic E-state index is 0.0468. The standard InChI is InChI=1S/C37H36N4O2/c1-27(2)43-32-19-20-34-33(26-32)36(28-21-22-38-35(25-28)39-23-24-42-3)40-41(34)37(29-13-7-4-8-14-29,30-15-9-5-10-16-30)31-17-11-6-12-18-31/h4-22,25-27H,23-24H2,1-3H3,(H,38,39). The number of rotatable bonds is 11. The summed E-state index contributed by atoms with van der Waals surface area (Å²) < 4.78 is 13.6. The van der Waals surface area contributed by atoms with Crippen LogP contribution in [-0.4, -0.2) is 41.1 Å². The Morgan fingerprint density at radius 1 is 0.767 bits per heavy atom. The Morgan fingerprint density at radius 3 is 1.93 bits per heavy atom. The second-order valence-electron chi connectivity index (χ2n) is 10.8. The minimum atomic E-state index is -0.757. The first-order valence-corrected chi connectivity index (χ1v) is 14.7. The van der Waals surface area contributed by atoms with E-state index in [0.29, 0.717) is 13.2 Å². The fourth-order valence-electron chi connectivity index (χ4n) is 5.77. The molecule has 0 atom stereocenters. The highest BCUT2D eigenvalue weighted by molar-refractivity contribution is 5.95. The molecule has 0 unspecified atom stereocenters. The van der Waals surface area contributed by atoms with E-state index in [0.717, 1.165) is 50.4 Å². The van der Waals surface area contributed by atoms with Crippen molar-refractivity contribution >= 4 is 16.7 Å². The SMILES string of the molecule is COCCNc1cc(-c2nn(C(c3ccccc3)(c3ccccc3)c3ccccc3)c3ccc(OC(C)C)cc23)ccn1. The van der Waals surface area contributed by atoms with Gasteiger partial charge in [-0.05, 0) is 60.9 Å². The van der Waals surface area contributed by atoms with E-state index >= 15 is 0 Å². The predicted octanol–water partition coefficient (Wildman–Crippen LogP) is 7.78. The first-order valence-electron chi connectivity index (χ1n) is 14.7. The summed E-state index contributed by atoms with van der Waals surface area (Å²) in [4.78, 5) is 4.55. The van der Waals surface area contributed by atoms with Gasteiger partial charge < -0.3 is 14.8 Å². The number of nitrogens with one attached hydrogen (secondary N) is 1. The van der Waals surface area contributed by atoms with E-state index in [1.54, 1.807) is 7.11 Å². The van der Waals surface area contributed by atoms with Crippen molar-refractivity contribution in [1.82, 2.24) is 14.8 Å². The van der Waals surface area contributed by atoms with E-state index in [4.69, 9.17) is 14.6 Å². The van der Waals surface area contributed by atoms with E-state index in [1.807, 2.05) is 38.2 Å². The lowest BCUT2D eigenvalue weighted by molar-refractivity contribution is 0.210. The molecular formula is C37H36N4O2. The number of hydrogen-bond acceptors (Lipinski definition) is 5. The molecule has 0 saturated carbocycles. The van der Waals surface area contributed by atoms with E-state index in [-0.39, 0.29) is 6.10 Å². The summed E-state index contributed by atoms with van der Waals surface area (Å²) in [5.41, 5.74) is 5.39. The molecule has 0 radical (unpaired) electrons. The Bertz CT molecular complexity index is 1690. The van der Waals surface area contributed by atoms with Crippen molar-refractivity contribution in [3.63, 3.8) is 0 Å². The van der Waals surface area contributed by atoms with Crippen LogP contribution in [0.15, 0.2) is 128 Å². The van der Waals surface area contributed by atoms with Gasteiger partial charge in [0.25, 0.3) is 0 Å². The first kappa shape index (κ1) is 28.2. The Morgan fingerprint density at radius 2 is 1.37 bits per heavy atom. The van der Waals surface area contributed by atoms with Crippen LogP contribution >= 0.6 is 0 Å². The minimum Gasteiger partial charge on any atom is -0.491 e. The van der Waals surface area contributed by atoms with Gasteiger partial charge in [0.2, 0.25) is 0 Å². The van der Waals surface area contributed by atoms with Gasteiger partial charge in [0.1, 0.15) is 22.8 Å². The molecule has 0 amide bonds. The molecule has 0 spiro atoms. The van der Waals surface area contributed by atoms with Gasteiger partial charge in [-0.25, -0.2) is 9.67 Å². The number of hydrogen-bond donors (Lipinski definition) is 1. The first-order chi connectivity index (χ1) is 21.1. The molecule has 2 heterocycles. The molecule has 0 fully saturated rings. The number of pyridine rings is 1. The van der Waals surface area contributed by atoms with Crippen LogP contribution in [0.3, 0.4) is 0 Å². The Labute approximate surface area is 252 Å². The highest BCUT2D eigenvalue weighted by Crippen LogP contribution is 2.44. The molecule has 6 rings (SSSR count). The van der Waals surface area contributed by atoms with Gasteiger partial charge in [-0.2, -0.15) is 5.10 Å². The molecule has 6 heteroatoms. The maximum atomic E-state index is 6.18. The third-order valence-corrected chi connectivity index (χ3v) is 7.56. The molecule has 0 aliphatic rings. The highest BCUT2D eigenvalue weighted by atomic mass is 16.5. The van der Waals surface area contributed by atoms with Gasteiger partial charge in [0.15, 0.2) is 0 Å². The van der Waals surface area contributed by atoms with Crippen molar-refractivity contribution in [2.75, 3.05) is 25.6 Å². The fraction of sp³-hybridized carbons (Fsp3) is 0.189. The van der Waals surface area contributed by atoms with E-state index in [2.05, 4.69) is 118 Å². The number of aromatic nitrogens is 3. The largest absolute Gasteiger partial charge is 0.491 e. The van der Waals surface area contributed by atoms with Crippen LogP contribution in [0.2, 0.25) is 0 Å². The lowest BCUT2D eigenvalue weighted by Crippen LogP contribution is -2.38. The lowest BCUT2D eigenvalue weighted by atomic mass is 9.77. The fourth-order valence-corrected chi connectivity index (χ4v) is 5.77. The van der Waals surface area contributed by atoms with Gasteiger partial charge in [0.05, 0.1) is 18.2 Å². The number of nitrogens with zero attached hydrogens (tertiary/aromatic N) is 3. The summed E-state index contributed by atoms with van der Waals surface area (Å²) >= 11 is 0. The third kappa shape index (κ3) is 5.49. The number of anilines is 1. The zero-order chi connectivity index (χ0) is 29.6. The van der Waals surface area contributed by atoms with Crippen LogP contribution in [0.25, 0.3) is 22.2 Å². The summed E-state index contributed by atoms with van der Waals surface area (Å²) in [6, 6.07) is 42.2. The summed E-state index contributed by atoms with van der Waals surface area (Å²) in [6.45, 7) is 5.34. The second kappa shape index (κ2) is 12.5. The number of fused-ring (bicyclic) bond motifs is 1. The quantitative estimate of drug-likeness (QED) is 0.128. The third-order valence-electron chi connectivity index (χ3n) is 7.56. The summed E-state index contributed by atoms with van der Waals surface area (Å²) in [6.07, 6.45) is 1.87. The van der Waals surface area contributed by atoms with Crippen molar-refractivity contribution in [2.45, 2.75) is 25.5 Å². The maximum Gasteiger partial charge on any atom is 0.138 e. The Balaban J connectivity index is 1.68. The highest BCUT2D eigenvalue weighted by Gasteiger charge is 2.41. The van der Waals surface area contributed by atoms with Gasteiger partial charge in [-0.15, -0.1) is 0 Å². The Kier molecular flexibility index (Phi) is 8.20. The zero-order valence-electron chi connectivity index (χ0n) is 24.8. The zero-order valence-corrected chi connectivity index (χ0v) is 24.8. The van der Waals surface area contributed by atoms with Crippen LogP contribution in [-0.2, 0) is 10.3 Å². The van der Waals surface area contributed by atoms with Gasteiger partial charge in [-0.3, -0.25) is 0 Å². The lowest BCUT2D eigenvalue weighted by Gasteiger charge is -2.37. The molecule has 0 aliphatic heterocycles. The van der Waals surface area contributed by atoms with Crippen LogP contribution < -0.4 is 10.1 Å². The smallest absolute Gasteiger partial charge is 0.138 e. The van der Waals surface area contributed by atoms with Crippen molar-refractivity contribution in [3.8, 4) is 17.0 Å². The van der Waals surface area contributed by atoms with Crippen molar-refractivity contribution < 1.29 is 9.47 Å². The topological polar surface area (TPSA) is 61.2 Å². The molecule has 6 aromatic rings. The van der Waals surface area contributed by atoms with E-state index < -0.39 is 5.54 Å². The van der Waals surface area contributed by atoms with Crippen molar-refractivity contribution in [1.29, 1.82) is 0 Å². The van der Waals surface area contributed by atoms with Gasteiger partial charge >= 0.3 is 0 Å². The van der Waals surface area contributed by atoms with Crippen LogP contribution in [0.1, 0.15) is 30.5 Å². The Hall–Kier alpha value is -4.94. The molecule has 0 bridgehead atoms. The monoisotopic (exact) mass is 568 g/mol. The van der Waals surface area contributed by atoms with Gasteiger partial charge in [-0.1, -0.05) is 91.0 Å². The molecular weight excluding hydrogens is 532 g/mol. The van der Waals surface area contributed by atoms with Crippen molar-refractivity contribution in [2.24, 2.45) is 0 Å². The predicted molar refractivity (Wildman–Crippen MR) is 174 cm³/mol. The second-order valence-corrected chi connectivity index (χ2v) is 10.8. The number of methoxy groups -OCH3 is 1. The molecule has 2 aromatic heterocycles. The van der Waals surface area contributed by atoms with E-state index in [9.17, 15) is 0 Å². The van der Waals surface area contributed by atoms with Crippen molar-refractivity contribution in [3.05, 3.63) is 144 Å². The average Bonchev–Trinajstić information content (AvgIpc) is 3.42. The molecule has 0 aliphatic carbocycles. The van der Waals surface area contributed by atoms with Crippen LogP contribution in [0.5, 0.6) is 5.75 Å². The molecule has 43 heavy (non-hydrogen) atoms. The molecule has 4 aromatic carbocycles. The van der Waals surface area contributed by atoms with Crippen LogP contribution in [0.4, 0.5) is 5.82 Å². The summed E-state index contributed by atoms with van der Waals surface area (Å²) in [5, 5.41) is 9.86. The maximum absolute atomic E-state index is 6.18. The van der Waals surface area contributed by atoms with Crippen LogP contribution in [0, 0.1) is 0 Å². The number of benzene rings is 4. The van der Waals surface area contributed by atoms with Gasteiger partial charge in [0, 0.05) is 30.8 Å². The normalized spacial score (nSPS) is 11.6. The molecule has 1 N–H and O–H groups in total.